The van der Waals surface area contributed by atoms with Gasteiger partial charge in [-0.3, -0.25) is 9.10 Å². The summed E-state index contributed by atoms with van der Waals surface area (Å²) in [7, 11) is -3.47. The van der Waals surface area contributed by atoms with Crippen molar-refractivity contribution in [1.29, 1.82) is 0 Å². The molecule has 0 aliphatic carbocycles. The fourth-order valence-electron chi connectivity index (χ4n) is 5.59. The maximum Gasteiger partial charge on any atom is 0.416 e. The van der Waals surface area contributed by atoms with Gasteiger partial charge in [-0.05, 0) is 66.4 Å². The Hall–Kier alpha value is -3.98. The van der Waals surface area contributed by atoms with Gasteiger partial charge < -0.3 is 18.9 Å². The average molecular weight is 660 g/mol. The first-order chi connectivity index (χ1) is 21.2. The summed E-state index contributed by atoms with van der Waals surface area (Å²) in [6, 6.07) is 10.2. The average Bonchev–Trinajstić information content (AvgIpc) is 2.99. The van der Waals surface area contributed by atoms with Gasteiger partial charge in [0.25, 0.3) is 10.0 Å². The number of methoxy groups -OCH3 is 1. The summed E-state index contributed by atoms with van der Waals surface area (Å²) in [6.45, 7) is -3.14. The van der Waals surface area contributed by atoms with Crippen molar-refractivity contribution >= 4 is 21.7 Å². The largest absolute Gasteiger partial charge is 0.486 e. The number of rotatable bonds is 8. The van der Waals surface area contributed by atoms with E-state index in [4.69, 9.17) is 14.2 Å². The third-order valence-corrected chi connectivity index (χ3v) is 9.53. The van der Waals surface area contributed by atoms with Crippen LogP contribution in [0.3, 0.4) is 0 Å². The Morgan fingerprint density at radius 3 is 2.44 bits per heavy atom. The molecule has 242 valence electrons. The molecule has 0 bridgehead atoms. The van der Waals surface area contributed by atoms with Gasteiger partial charge in [-0.25, -0.2) is 12.8 Å². The number of sulfonamides is 1. The lowest BCUT2D eigenvalue weighted by Crippen LogP contribution is -2.48. The molecular weight excluding hydrogens is 632 g/mol. The Morgan fingerprint density at radius 2 is 1.78 bits per heavy atom. The van der Waals surface area contributed by atoms with E-state index in [-0.39, 0.29) is 55.0 Å². The number of carbonyl (C=O) groups is 1. The molecule has 2 heterocycles. The minimum absolute atomic E-state index is 0.0110. The molecule has 0 amide bonds. The van der Waals surface area contributed by atoms with Crippen LogP contribution in [-0.2, 0) is 30.5 Å². The SMILES string of the molecule is COC(=O)C1(C[C@H]2CN(S(=O)(=O)c3cccc(C(F)(F)F)c3)c3cc(-c4cc(F)cc(OC(F)F)c4)ccc3O2)CCOCC1. The van der Waals surface area contributed by atoms with Crippen LogP contribution < -0.4 is 13.8 Å². The van der Waals surface area contributed by atoms with Gasteiger partial charge in [0.2, 0.25) is 0 Å². The number of ether oxygens (including phenoxy) is 4. The molecule has 8 nitrogen and oxygen atoms in total. The molecule has 0 spiro atoms. The van der Waals surface area contributed by atoms with Crippen LogP contribution in [0.1, 0.15) is 24.8 Å². The van der Waals surface area contributed by atoms with Crippen LogP contribution in [0.15, 0.2) is 65.6 Å². The molecular formula is C30H27F6NO7S. The zero-order valence-corrected chi connectivity index (χ0v) is 24.5. The van der Waals surface area contributed by atoms with Gasteiger partial charge in [-0.1, -0.05) is 12.1 Å². The summed E-state index contributed by atoms with van der Waals surface area (Å²) in [5.74, 6) is -1.91. The van der Waals surface area contributed by atoms with Gasteiger partial charge in [0, 0.05) is 25.7 Å². The Balaban J connectivity index is 1.60. The highest BCUT2D eigenvalue weighted by atomic mass is 32.2. The van der Waals surface area contributed by atoms with Crippen molar-refractivity contribution in [2.24, 2.45) is 5.41 Å². The smallest absolute Gasteiger partial charge is 0.416 e. The van der Waals surface area contributed by atoms with E-state index in [2.05, 4.69) is 4.74 Å². The van der Waals surface area contributed by atoms with Crippen molar-refractivity contribution in [2.45, 2.75) is 43.0 Å². The van der Waals surface area contributed by atoms with E-state index >= 15 is 0 Å². The van der Waals surface area contributed by atoms with E-state index in [1.165, 1.54) is 25.3 Å². The van der Waals surface area contributed by atoms with E-state index < -0.39 is 68.9 Å². The zero-order valence-electron chi connectivity index (χ0n) is 23.7. The van der Waals surface area contributed by atoms with Crippen LogP contribution in [0, 0.1) is 11.2 Å². The number of hydrogen-bond donors (Lipinski definition) is 0. The summed E-state index contributed by atoms with van der Waals surface area (Å²) in [4.78, 5) is 12.3. The van der Waals surface area contributed by atoms with Crippen LogP contribution in [0.2, 0.25) is 0 Å². The topological polar surface area (TPSA) is 91.4 Å². The van der Waals surface area contributed by atoms with Gasteiger partial charge in [0.1, 0.15) is 23.4 Å². The number of halogens is 6. The van der Waals surface area contributed by atoms with Crippen LogP contribution >= 0.6 is 0 Å². The lowest BCUT2D eigenvalue weighted by atomic mass is 9.75. The van der Waals surface area contributed by atoms with Gasteiger partial charge in [0.15, 0.2) is 0 Å². The number of fused-ring (bicyclic) bond motifs is 1. The first-order valence-corrected chi connectivity index (χ1v) is 15.1. The molecule has 45 heavy (non-hydrogen) atoms. The molecule has 5 rings (SSSR count). The van der Waals surface area contributed by atoms with Crippen LogP contribution in [0.5, 0.6) is 11.5 Å². The number of benzene rings is 3. The highest BCUT2D eigenvalue weighted by Gasteiger charge is 2.46. The molecule has 2 aliphatic heterocycles. The zero-order chi connectivity index (χ0) is 32.6. The Morgan fingerprint density at radius 1 is 1.04 bits per heavy atom. The fraction of sp³-hybridized carbons (Fsp3) is 0.367. The standard InChI is InChI=1S/C30H27F6NO7S/c1-41-27(38)29(7-9-42-10-8-29)16-23-17-37(45(39,40)24-4-2-3-20(14-24)30(34,35)36)25-13-18(5-6-26(25)43-23)19-11-21(31)15-22(12-19)44-28(32)33/h2-6,11-15,23,28H,7-10,16-17H2,1H3/t23-/m0/s1. The van der Waals surface area contributed by atoms with Crippen molar-refractivity contribution in [3.8, 4) is 22.6 Å². The predicted octanol–water partition coefficient (Wildman–Crippen LogP) is 6.43. The molecule has 15 heteroatoms. The van der Waals surface area contributed by atoms with Crippen LogP contribution in [0.25, 0.3) is 11.1 Å². The first-order valence-electron chi connectivity index (χ1n) is 13.6. The fourth-order valence-corrected chi connectivity index (χ4v) is 7.14. The second-order valence-electron chi connectivity index (χ2n) is 10.6. The van der Waals surface area contributed by atoms with E-state index in [0.717, 1.165) is 40.7 Å². The highest BCUT2D eigenvalue weighted by molar-refractivity contribution is 7.92. The van der Waals surface area contributed by atoms with E-state index in [1.807, 2.05) is 0 Å². The first kappa shape index (κ1) is 32.4. The highest BCUT2D eigenvalue weighted by Crippen LogP contribution is 2.45. The quantitative estimate of drug-likeness (QED) is 0.203. The molecule has 1 saturated heterocycles. The van der Waals surface area contributed by atoms with Crippen molar-refractivity contribution in [3.63, 3.8) is 0 Å². The Kier molecular flexibility index (Phi) is 8.95. The molecule has 3 aromatic carbocycles. The molecule has 1 atom stereocenters. The van der Waals surface area contributed by atoms with Crippen molar-refractivity contribution in [3.05, 3.63) is 72.0 Å². The number of esters is 1. The molecule has 3 aromatic rings. The number of carbonyl (C=O) groups excluding carboxylic acids is 1. The number of alkyl halides is 5. The van der Waals surface area contributed by atoms with Crippen molar-refractivity contribution in [1.82, 2.24) is 0 Å². The van der Waals surface area contributed by atoms with Gasteiger partial charge >= 0.3 is 18.8 Å². The molecule has 0 unspecified atom stereocenters. The van der Waals surface area contributed by atoms with E-state index in [1.54, 1.807) is 0 Å². The molecule has 1 fully saturated rings. The lowest BCUT2D eigenvalue weighted by Gasteiger charge is -2.41. The number of nitrogens with zero attached hydrogens (tertiary/aromatic N) is 1. The minimum atomic E-state index is -4.82. The van der Waals surface area contributed by atoms with E-state index in [9.17, 15) is 39.6 Å². The predicted molar refractivity (Wildman–Crippen MR) is 148 cm³/mol. The second kappa shape index (κ2) is 12.4. The molecule has 0 N–H and O–H groups in total. The minimum Gasteiger partial charge on any atom is -0.486 e. The van der Waals surface area contributed by atoms with Gasteiger partial charge in [0.05, 0.1) is 35.2 Å². The van der Waals surface area contributed by atoms with Crippen molar-refractivity contribution < 1.29 is 58.5 Å². The number of anilines is 1. The summed E-state index contributed by atoms with van der Waals surface area (Å²) < 4.78 is 130. The third-order valence-electron chi connectivity index (χ3n) is 7.76. The maximum atomic E-state index is 14.3. The molecule has 2 aliphatic rings. The maximum absolute atomic E-state index is 14.3. The number of hydrogen-bond acceptors (Lipinski definition) is 7. The van der Waals surface area contributed by atoms with Crippen LogP contribution in [0.4, 0.5) is 32.0 Å². The molecule has 0 aromatic heterocycles. The lowest BCUT2D eigenvalue weighted by molar-refractivity contribution is -0.161. The second-order valence-corrected chi connectivity index (χ2v) is 12.5. The summed E-state index contributed by atoms with van der Waals surface area (Å²) in [6.07, 6.45) is -5.21. The summed E-state index contributed by atoms with van der Waals surface area (Å²) in [5.41, 5.74) is -2.11. The van der Waals surface area contributed by atoms with Crippen molar-refractivity contribution in [2.75, 3.05) is 31.2 Å². The third kappa shape index (κ3) is 6.83. The van der Waals surface area contributed by atoms with E-state index in [0.29, 0.717) is 6.07 Å². The molecule has 0 saturated carbocycles. The van der Waals surface area contributed by atoms with Crippen LogP contribution in [-0.4, -0.2) is 54.0 Å². The van der Waals surface area contributed by atoms with Gasteiger partial charge in [-0.2, -0.15) is 22.0 Å². The Labute approximate surface area is 254 Å². The summed E-state index contributed by atoms with van der Waals surface area (Å²) >= 11 is 0. The monoisotopic (exact) mass is 659 g/mol. The Bertz CT molecular complexity index is 1680. The molecule has 0 radical (unpaired) electrons. The summed E-state index contributed by atoms with van der Waals surface area (Å²) in [5, 5.41) is 0. The normalized spacial score (nSPS) is 18.2. The van der Waals surface area contributed by atoms with Gasteiger partial charge in [-0.15, -0.1) is 0 Å².